The molecule has 3 aliphatic carbocycles. The van der Waals surface area contributed by atoms with E-state index in [1.165, 1.54) is 62.5 Å². The van der Waals surface area contributed by atoms with Crippen LogP contribution in [0, 0.1) is 17.3 Å². The van der Waals surface area contributed by atoms with E-state index in [0.717, 1.165) is 26.1 Å². The van der Waals surface area contributed by atoms with Crippen LogP contribution in [-0.4, -0.2) is 29.5 Å². The Morgan fingerprint density at radius 1 is 1.07 bits per heavy atom. The minimum atomic E-state index is -0.113. The second-order valence-electron chi connectivity index (χ2n) is 10.2. The first kappa shape index (κ1) is 21.2. The Labute approximate surface area is 176 Å². The zero-order valence-corrected chi connectivity index (χ0v) is 18.4. The first-order chi connectivity index (χ1) is 14.0. The molecule has 0 aromatic heterocycles. The number of aliphatic hydroxyl groups excluding tert-OH is 1. The normalized spacial score (nSPS) is 35.8. The lowest BCUT2D eigenvalue weighted by molar-refractivity contribution is -0.0252. The monoisotopic (exact) mass is 400 g/mol. The van der Waals surface area contributed by atoms with Gasteiger partial charge in [0.1, 0.15) is 5.75 Å². The molecule has 2 fully saturated rings. The Hall–Kier alpha value is -1.06. The summed E-state index contributed by atoms with van der Waals surface area (Å²) in [7, 11) is 0. The lowest BCUT2D eigenvalue weighted by Crippen LogP contribution is -2.44. The Balaban J connectivity index is 1.47. The zero-order valence-electron chi connectivity index (χ0n) is 18.4. The number of fused-ring (bicyclic) bond motifs is 5. The zero-order chi connectivity index (χ0) is 20.4. The van der Waals surface area contributed by atoms with Crippen LogP contribution in [0.5, 0.6) is 5.75 Å². The van der Waals surface area contributed by atoms with Gasteiger partial charge in [0, 0.05) is 13.2 Å². The van der Waals surface area contributed by atoms with Gasteiger partial charge < -0.3 is 14.9 Å². The van der Waals surface area contributed by atoms with Crippen LogP contribution in [0.1, 0.15) is 101 Å². The van der Waals surface area contributed by atoms with Crippen molar-refractivity contribution in [2.24, 2.45) is 17.3 Å². The van der Waals surface area contributed by atoms with Gasteiger partial charge in [0.15, 0.2) is 0 Å². The summed E-state index contributed by atoms with van der Waals surface area (Å²) in [6.07, 6.45) is 11.8. The van der Waals surface area contributed by atoms with Gasteiger partial charge in [0.25, 0.3) is 0 Å². The Bertz CT molecular complexity index is 687. The Morgan fingerprint density at radius 2 is 1.90 bits per heavy atom. The number of hydrogen-bond donors (Lipinski definition) is 2. The van der Waals surface area contributed by atoms with Gasteiger partial charge in [-0.15, -0.1) is 0 Å². The van der Waals surface area contributed by atoms with Crippen molar-refractivity contribution in [1.82, 2.24) is 0 Å². The van der Waals surface area contributed by atoms with E-state index in [-0.39, 0.29) is 11.5 Å². The van der Waals surface area contributed by atoms with Crippen molar-refractivity contribution in [3.05, 3.63) is 29.3 Å². The smallest absolute Gasteiger partial charge is 0.115 e. The fourth-order valence-corrected chi connectivity index (χ4v) is 7.05. The van der Waals surface area contributed by atoms with Crippen LogP contribution in [0.2, 0.25) is 0 Å². The van der Waals surface area contributed by atoms with Crippen LogP contribution in [0.3, 0.4) is 0 Å². The van der Waals surface area contributed by atoms with E-state index < -0.39 is 0 Å². The number of unbranched alkanes of at least 4 members (excludes halogenated alkanes) is 3. The molecule has 29 heavy (non-hydrogen) atoms. The summed E-state index contributed by atoms with van der Waals surface area (Å²) in [4.78, 5) is 0. The molecule has 1 aromatic rings. The fraction of sp³-hybridized carbons (Fsp3) is 0.769. The van der Waals surface area contributed by atoms with Gasteiger partial charge in [0.05, 0.1) is 6.10 Å². The van der Waals surface area contributed by atoms with Crippen LogP contribution < -0.4 is 0 Å². The van der Waals surface area contributed by atoms with Crippen molar-refractivity contribution in [1.29, 1.82) is 0 Å². The van der Waals surface area contributed by atoms with Crippen molar-refractivity contribution >= 4 is 0 Å². The first-order valence-corrected chi connectivity index (χ1v) is 12.1. The third-order valence-corrected chi connectivity index (χ3v) is 8.65. The largest absolute Gasteiger partial charge is 0.508 e. The molecule has 0 radical (unpaired) electrons. The molecule has 1 aromatic carbocycles. The Kier molecular flexibility index (Phi) is 6.56. The second kappa shape index (κ2) is 8.98. The third kappa shape index (κ3) is 4.10. The van der Waals surface area contributed by atoms with Crippen LogP contribution >= 0.6 is 0 Å². The maximum absolute atomic E-state index is 10.7. The molecule has 0 heterocycles. The summed E-state index contributed by atoms with van der Waals surface area (Å²) in [6.45, 7) is 6.12. The van der Waals surface area contributed by atoms with Gasteiger partial charge >= 0.3 is 0 Å². The van der Waals surface area contributed by atoms with Crippen LogP contribution in [0.15, 0.2) is 18.2 Å². The summed E-state index contributed by atoms with van der Waals surface area (Å²) in [6, 6.07) is 6.16. The lowest BCUT2D eigenvalue weighted by Gasteiger charge is -2.51. The molecule has 0 bridgehead atoms. The molecule has 0 spiro atoms. The highest BCUT2D eigenvalue weighted by Crippen LogP contribution is 2.62. The van der Waals surface area contributed by atoms with Gasteiger partial charge in [-0.05, 0) is 104 Å². The third-order valence-electron chi connectivity index (χ3n) is 8.65. The highest BCUT2D eigenvalue weighted by Gasteiger charge is 2.55. The molecule has 0 unspecified atom stereocenters. The van der Waals surface area contributed by atoms with Gasteiger partial charge in [-0.1, -0.05) is 32.3 Å². The summed E-state index contributed by atoms with van der Waals surface area (Å²) >= 11 is 0. The molecule has 3 nitrogen and oxygen atoms in total. The molecule has 2 N–H and O–H groups in total. The summed E-state index contributed by atoms with van der Waals surface area (Å²) in [5.74, 6) is 2.96. The number of ether oxygens (including phenoxy) is 1. The van der Waals surface area contributed by atoms with E-state index in [0.29, 0.717) is 29.4 Å². The minimum Gasteiger partial charge on any atom is -0.508 e. The van der Waals surface area contributed by atoms with Crippen LogP contribution in [0.25, 0.3) is 0 Å². The summed E-state index contributed by atoms with van der Waals surface area (Å²) < 4.78 is 5.46. The topological polar surface area (TPSA) is 49.7 Å². The molecule has 0 amide bonds. The summed E-state index contributed by atoms with van der Waals surface area (Å²) in [5, 5.41) is 20.9. The fourth-order valence-electron chi connectivity index (χ4n) is 7.05. The second-order valence-corrected chi connectivity index (χ2v) is 10.2. The average Bonchev–Trinajstić information content (AvgIpc) is 3.02. The standard InChI is InChI=1S/C26H40O3/c1-3-29-15-7-5-4-6-8-18-16-23-21(20-10-9-19(27)17-22(18)20)13-14-26(2)24(23)11-12-25(26)28/h9-10,17-18,21,23-25,27-28H,3-8,11-16H2,1-2H3/t18-,21-,23-,24+,25+,26+/m1/s1. The van der Waals surface area contributed by atoms with E-state index in [1.54, 1.807) is 0 Å². The maximum atomic E-state index is 10.7. The molecule has 3 heteroatoms. The van der Waals surface area contributed by atoms with Crippen molar-refractivity contribution in [2.75, 3.05) is 13.2 Å². The summed E-state index contributed by atoms with van der Waals surface area (Å²) in [5.41, 5.74) is 3.05. The predicted octanol–water partition coefficient (Wildman–Crippen LogP) is 6.14. The van der Waals surface area contributed by atoms with E-state index >= 15 is 0 Å². The van der Waals surface area contributed by atoms with E-state index in [2.05, 4.69) is 26.0 Å². The van der Waals surface area contributed by atoms with E-state index in [9.17, 15) is 10.2 Å². The minimum absolute atomic E-state index is 0.113. The number of aromatic hydroxyl groups is 1. The maximum Gasteiger partial charge on any atom is 0.115 e. The van der Waals surface area contributed by atoms with Gasteiger partial charge in [-0.25, -0.2) is 0 Å². The van der Waals surface area contributed by atoms with Gasteiger partial charge in [-0.3, -0.25) is 0 Å². The molecule has 0 aliphatic heterocycles. The van der Waals surface area contributed by atoms with Crippen LogP contribution in [-0.2, 0) is 4.74 Å². The Morgan fingerprint density at radius 3 is 2.72 bits per heavy atom. The van der Waals surface area contributed by atoms with E-state index in [4.69, 9.17) is 4.74 Å². The number of phenolic OH excluding ortho intramolecular Hbond substituents is 1. The van der Waals surface area contributed by atoms with Crippen molar-refractivity contribution in [3.8, 4) is 5.75 Å². The number of aliphatic hydroxyl groups is 1. The molecule has 4 rings (SSSR count). The number of hydrogen-bond acceptors (Lipinski definition) is 3. The van der Waals surface area contributed by atoms with Crippen molar-refractivity contribution in [2.45, 2.75) is 96.0 Å². The van der Waals surface area contributed by atoms with Crippen molar-refractivity contribution < 1.29 is 14.9 Å². The highest BCUT2D eigenvalue weighted by atomic mass is 16.5. The predicted molar refractivity (Wildman–Crippen MR) is 117 cm³/mol. The molecule has 6 atom stereocenters. The first-order valence-electron chi connectivity index (χ1n) is 12.1. The SMILES string of the molecule is CCOCCCCCC[C@@H]1C[C@@H]2[C@H](CC[C@]3(C)[C@@H](O)CC[C@@H]23)c2ccc(O)cc21. The quantitative estimate of drug-likeness (QED) is 0.516. The molecule has 162 valence electrons. The molecule has 2 saturated carbocycles. The number of benzene rings is 1. The number of rotatable bonds is 8. The van der Waals surface area contributed by atoms with E-state index in [1.807, 2.05) is 6.07 Å². The van der Waals surface area contributed by atoms with Crippen LogP contribution in [0.4, 0.5) is 0 Å². The molecular formula is C26H40O3. The van der Waals surface area contributed by atoms with Crippen molar-refractivity contribution in [3.63, 3.8) is 0 Å². The average molecular weight is 401 g/mol. The van der Waals surface area contributed by atoms with Gasteiger partial charge in [0.2, 0.25) is 0 Å². The molecular weight excluding hydrogens is 360 g/mol. The highest BCUT2D eigenvalue weighted by molar-refractivity contribution is 5.42. The lowest BCUT2D eigenvalue weighted by atomic mass is 9.53. The molecule has 3 aliphatic rings. The van der Waals surface area contributed by atoms with Gasteiger partial charge in [-0.2, -0.15) is 0 Å². The molecule has 0 saturated heterocycles. The number of phenols is 1.